The molecule has 0 aliphatic carbocycles. The molecule has 4 heterocycles. The van der Waals surface area contributed by atoms with Gasteiger partial charge in [0.05, 0.1) is 22.9 Å². The summed E-state index contributed by atoms with van der Waals surface area (Å²) < 4.78 is 1.32. The molecule has 3 aliphatic heterocycles. The average molecular weight is 444 g/mol. The van der Waals surface area contributed by atoms with Crippen LogP contribution in [0.5, 0.6) is 0 Å². The minimum atomic E-state index is -1.49. The van der Waals surface area contributed by atoms with E-state index >= 15 is 0 Å². The van der Waals surface area contributed by atoms with Crippen LogP contribution in [0.25, 0.3) is 10.9 Å². The lowest BCUT2D eigenvalue weighted by molar-refractivity contribution is -0.160. The molecule has 33 heavy (non-hydrogen) atoms. The molecule has 168 valence electrons. The van der Waals surface area contributed by atoms with Crippen molar-refractivity contribution in [1.29, 1.82) is 0 Å². The molecule has 2 fully saturated rings. The number of hydrogen-bond acceptors (Lipinski definition) is 5. The normalized spacial score (nSPS) is 28.9. The van der Waals surface area contributed by atoms with E-state index in [-0.39, 0.29) is 29.7 Å². The summed E-state index contributed by atoms with van der Waals surface area (Å²) in [5.74, 6) is -0.623. The third-order valence-electron chi connectivity index (χ3n) is 7.61. The van der Waals surface area contributed by atoms with Crippen molar-refractivity contribution in [3.63, 3.8) is 0 Å². The van der Waals surface area contributed by atoms with Crippen LogP contribution in [0, 0.1) is 5.92 Å². The predicted molar refractivity (Wildman–Crippen MR) is 121 cm³/mol. The number of rotatable bonds is 3. The highest BCUT2D eigenvalue weighted by Gasteiger charge is 2.67. The van der Waals surface area contributed by atoms with Gasteiger partial charge in [0.1, 0.15) is 23.9 Å². The number of carbonyl (C=O) groups excluding carboxylic acids is 2. The van der Waals surface area contributed by atoms with E-state index in [4.69, 9.17) is 0 Å². The molecule has 0 saturated carbocycles. The monoisotopic (exact) mass is 444 g/mol. The van der Waals surface area contributed by atoms with Crippen molar-refractivity contribution in [1.82, 2.24) is 14.5 Å². The molecule has 8 nitrogen and oxygen atoms in total. The van der Waals surface area contributed by atoms with Crippen molar-refractivity contribution < 1.29 is 14.7 Å². The van der Waals surface area contributed by atoms with Crippen molar-refractivity contribution >= 4 is 28.4 Å². The lowest BCUT2D eigenvalue weighted by Gasteiger charge is -2.45. The van der Waals surface area contributed by atoms with E-state index in [1.807, 2.05) is 32.0 Å². The van der Waals surface area contributed by atoms with Gasteiger partial charge in [-0.05, 0) is 24.1 Å². The Balaban J connectivity index is 1.57. The van der Waals surface area contributed by atoms with Crippen molar-refractivity contribution in [2.75, 3.05) is 4.90 Å². The van der Waals surface area contributed by atoms with Gasteiger partial charge in [-0.1, -0.05) is 50.6 Å². The van der Waals surface area contributed by atoms with Gasteiger partial charge in [0.2, 0.25) is 5.91 Å². The van der Waals surface area contributed by atoms with Gasteiger partial charge in [0, 0.05) is 12.0 Å². The number of hydrogen-bond donors (Lipinski definition) is 1. The number of carbonyl (C=O) groups is 2. The molecule has 2 saturated heterocycles. The second kappa shape index (κ2) is 6.74. The number of amides is 2. The number of anilines is 1. The van der Waals surface area contributed by atoms with Crippen LogP contribution >= 0.6 is 0 Å². The van der Waals surface area contributed by atoms with Crippen LogP contribution in [0.4, 0.5) is 5.69 Å². The van der Waals surface area contributed by atoms with Crippen molar-refractivity contribution in [3.05, 3.63) is 70.8 Å². The number of benzene rings is 2. The van der Waals surface area contributed by atoms with Crippen LogP contribution < -0.4 is 10.5 Å². The summed E-state index contributed by atoms with van der Waals surface area (Å²) in [4.78, 5) is 48.4. The van der Waals surface area contributed by atoms with E-state index < -0.39 is 23.9 Å². The number of piperidine rings is 1. The van der Waals surface area contributed by atoms with Gasteiger partial charge < -0.3 is 10.0 Å². The first-order chi connectivity index (χ1) is 15.9. The maximum Gasteiger partial charge on any atom is 0.261 e. The van der Waals surface area contributed by atoms with Gasteiger partial charge >= 0.3 is 0 Å². The zero-order valence-corrected chi connectivity index (χ0v) is 18.4. The van der Waals surface area contributed by atoms with Crippen LogP contribution in [0.2, 0.25) is 0 Å². The van der Waals surface area contributed by atoms with Crippen LogP contribution in [-0.4, -0.2) is 43.6 Å². The van der Waals surface area contributed by atoms with Gasteiger partial charge in [-0.15, -0.1) is 0 Å². The van der Waals surface area contributed by atoms with Crippen molar-refractivity contribution in [2.24, 2.45) is 5.92 Å². The zero-order chi connectivity index (χ0) is 23.1. The molecule has 6 rings (SSSR count). The first-order valence-electron chi connectivity index (χ1n) is 11.3. The molecular formula is C25H24N4O4. The molecule has 3 aliphatic rings. The Morgan fingerprint density at radius 3 is 2.61 bits per heavy atom. The Morgan fingerprint density at radius 1 is 1.09 bits per heavy atom. The summed E-state index contributed by atoms with van der Waals surface area (Å²) in [6.45, 7) is 3.92. The summed E-state index contributed by atoms with van der Waals surface area (Å²) in [5, 5.41) is 12.5. The van der Waals surface area contributed by atoms with Gasteiger partial charge in [0.15, 0.2) is 0 Å². The van der Waals surface area contributed by atoms with Crippen LogP contribution in [0.1, 0.15) is 38.3 Å². The van der Waals surface area contributed by atoms with Crippen molar-refractivity contribution in [2.45, 2.75) is 50.5 Å². The highest BCUT2D eigenvalue weighted by atomic mass is 16.3. The highest BCUT2D eigenvalue weighted by molar-refractivity contribution is 6.07. The summed E-state index contributed by atoms with van der Waals surface area (Å²) in [7, 11) is 0. The van der Waals surface area contributed by atoms with E-state index in [2.05, 4.69) is 4.98 Å². The van der Waals surface area contributed by atoms with Crippen LogP contribution in [-0.2, 0) is 15.2 Å². The number of para-hydroxylation sites is 2. The highest BCUT2D eigenvalue weighted by Crippen LogP contribution is 2.56. The van der Waals surface area contributed by atoms with E-state index in [0.717, 1.165) is 0 Å². The Morgan fingerprint density at radius 2 is 1.82 bits per heavy atom. The Bertz CT molecular complexity index is 1380. The molecule has 1 N–H and O–H groups in total. The first kappa shape index (κ1) is 20.1. The largest absolute Gasteiger partial charge is 0.381 e. The second-order valence-corrected chi connectivity index (χ2v) is 9.29. The van der Waals surface area contributed by atoms with Gasteiger partial charge in [-0.25, -0.2) is 4.98 Å². The number of fused-ring (bicyclic) bond motifs is 4. The third-order valence-corrected chi connectivity index (χ3v) is 7.61. The maximum atomic E-state index is 13.9. The topological polar surface area (TPSA) is 95.7 Å². The third kappa shape index (κ3) is 2.44. The Labute approximate surface area is 190 Å². The predicted octanol–water partition coefficient (Wildman–Crippen LogP) is 2.16. The molecule has 0 spiro atoms. The van der Waals surface area contributed by atoms with E-state index in [1.165, 1.54) is 15.8 Å². The van der Waals surface area contributed by atoms with Crippen LogP contribution in [0.15, 0.2) is 59.7 Å². The molecule has 0 radical (unpaired) electrons. The maximum absolute atomic E-state index is 13.9. The minimum Gasteiger partial charge on any atom is -0.381 e. The number of nitrogens with zero attached hydrogens (tertiary/aromatic N) is 4. The molecular weight excluding hydrogens is 420 g/mol. The SMILES string of the molecule is CC[C@H](C)[C@H]1C(=O)N2c3ccccc3[C@]3(O)C[C@@H](n4cnc5ccccc5c4=O)C(=O)N1[C@H]23. The zero-order valence-electron chi connectivity index (χ0n) is 18.4. The fourth-order valence-corrected chi connectivity index (χ4v) is 5.83. The molecule has 2 amide bonds. The average Bonchev–Trinajstić information content (AvgIpc) is 3.29. The molecule has 5 atom stereocenters. The Hall–Kier alpha value is -3.52. The number of aliphatic hydroxyl groups is 1. The lowest BCUT2D eigenvalue weighted by Crippen LogP contribution is -2.62. The standard InChI is InChI=1S/C25H24N4O4/c1-3-14(2)20-23(32)28-18-11-7-5-9-16(18)25(33)12-19(22(31)29(20)24(25)28)27-13-26-17-10-6-4-8-15(17)21(27)30/h4-11,13-14,19-20,24,33H,3,12H2,1-2H3/t14-,19+,20-,24-,25+/m0/s1. The van der Waals surface area contributed by atoms with Gasteiger partial charge in [0.25, 0.3) is 11.5 Å². The van der Waals surface area contributed by atoms with Gasteiger partial charge in [-0.3, -0.25) is 23.9 Å². The summed E-state index contributed by atoms with van der Waals surface area (Å²) >= 11 is 0. The molecule has 1 aromatic heterocycles. The smallest absolute Gasteiger partial charge is 0.261 e. The minimum absolute atomic E-state index is 0.0130. The second-order valence-electron chi connectivity index (χ2n) is 9.29. The first-order valence-corrected chi connectivity index (χ1v) is 11.3. The van der Waals surface area contributed by atoms with Crippen LogP contribution in [0.3, 0.4) is 0 Å². The Kier molecular flexibility index (Phi) is 4.11. The van der Waals surface area contributed by atoms with E-state index in [9.17, 15) is 19.5 Å². The van der Waals surface area contributed by atoms with Crippen molar-refractivity contribution in [3.8, 4) is 0 Å². The number of aromatic nitrogens is 2. The summed E-state index contributed by atoms with van der Waals surface area (Å²) in [6.07, 6.45) is 1.25. The quantitative estimate of drug-likeness (QED) is 0.668. The molecule has 0 unspecified atom stereocenters. The lowest BCUT2D eigenvalue weighted by atomic mass is 9.81. The fourth-order valence-electron chi connectivity index (χ4n) is 5.83. The molecule has 0 bridgehead atoms. The molecule has 2 aromatic carbocycles. The summed E-state index contributed by atoms with van der Waals surface area (Å²) in [5.41, 5.74) is -0.0453. The van der Waals surface area contributed by atoms with E-state index in [0.29, 0.717) is 28.6 Å². The van der Waals surface area contributed by atoms with Gasteiger partial charge in [-0.2, -0.15) is 0 Å². The van der Waals surface area contributed by atoms with E-state index in [1.54, 1.807) is 35.2 Å². The molecule has 8 heteroatoms. The summed E-state index contributed by atoms with van der Waals surface area (Å²) in [6, 6.07) is 12.6. The molecule has 3 aromatic rings. The fraction of sp³-hybridized carbons (Fsp3) is 0.360.